The second kappa shape index (κ2) is 19.4. The van der Waals surface area contributed by atoms with Crippen LogP contribution in [0.2, 0.25) is 0 Å². The van der Waals surface area contributed by atoms with Crippen molar-refractivity contribution < 1.29 is 20.1 Å². The topological polar surface area (TPSA) is 133 Å². The number of unbranched alkanes of at least 4 members (excludes halogenated alkanes) is 9. The SMILES string of the molecule is CCCCCCCCCCCCOc1cccc(C2=c3ccc([nH]3)=C(c3cccc(O)c3)c3ccc([nH]3)C(c3cccc(O)c3)=c3ccc([nH]3)=C(c3cccc(O)c3)c3ccc2[nH]3)c1. The quantitative estimate of drug-likeness (QED) is 0.0488. The van der Waals surface area contributed by atoms with Gasteiger partial charge >= 0.3 is 0 Å². The molecule has 0 amide bonds. The van der Waals surface area contributed by atoms with Crippen molar-refractivity contribution in [2.24, 2.45) is 0 Å². The highest BCUT2D eigenvalue weighted by molar-refractivity contribution is 5.85. The van der Waals surface area contributed by atoms with Crippen LogP contribution < -0.4 is 26.1 Å². The third-order valence-electron chi connectivity index (χ3n) is 12.2. The molecule has 4 aromatic carbocycles. The molecule has 0 saturated carbocycles. The zero-order valence-electron chi connectivity index (χ0n) is 36.4. The molecule has 0 spiro atoms. The number of aromatic amines is 4. The van der Waals surface area contributed by atoms with Crippen LogP contribution in [0, 0.1) is 0 Å². The Morgan fingerprint density at radius 3 is 1.08 bits per heavy atom. The highest BCUT2D eigenvalue weighted by atomic mass is 16.5. The fourth-order valence-electron chi connectivity index (χ4n) is 9.08. The van der Waals surface area contributed by atoms with Crippen LogP contribution in [-0.2, 0) is 0 Å². The molecular formula is C56H56N4O4. The summed E-state index contributed by atoms with van der Waals surface area (Å²) < 4.78 is 6.41. The van der Waals surface area contributed by atoms with Crippen molar-refractivity contribution in [3.63, 3.8) is 0 Å². The van der Waals surface area contributed by atoms with Crippen molar-refractivity contribution >= 4 is 22.3 Å². The van der Waals surface area contributed by atoms with Crippen LogP contribution in [0.25, 0.3) is 22.3 Å². The van der Waals surface area contributed by atoms with Crippen LogP contribution in [0.5, 0.6) is 23.0 Å². The molecule has 9 rings (SSSR count). The molecule has 0 radical (unpaired) electrons. The summed E-state index contributed by atoms with van der Waals surface area (Å²) >= 11 is 0. The van der Waals surface area contributed by atoms with E-state index in [4.69, 9.17) is 4.74 Å². The highest BCUT2D eigenvalue weighted by Crippen LogP contribution is 2.31. The maximum Gasteiger partial charge on any atom is 0.119 e. The number of aromatic hydroxyl groups is 3. The van der Waals surface area contributed by atoms with Gasteiger partial charge in [-0.2, -0.15) is 0 Å². The first-order chi connectivity index (χ1) is 31.4. The molecule has 324 valence electrons. The minimum atomic E-state index is 0.158. The van der Waals surface area contributed by atoms with Gasteiger partial charge in [-0.1, -0.05) is 113 Å². The van der Waals surface area contributed by atoms with Gasteiger partial charge in [0.25, 0.3) is 0 Å². The van der Waals surface area contributed by atoms with E-state index >= 15 is 0 Å². The van der Waals surface area contributed by atoms with Crippen LogP contribution in [0.4, 0.5) is 0 Å². The number of fused-ring (bicyclic) bond motifs is 8. The predicted molar refractivity (Wildman–Crippen MR) is 256 cm³/mol. The van der Waals surface area contributed by atoms with Gasteiger partial charge in [0.15, 0.2) is 0 Å². The molecule has 7 N–H and O–H groups in total. The fourth-order valence-corrected chi connectivity index (χ4v) is 9.08. The molecule has 4 aromatic heterocycles. The Balaban J connectivity index is 1.19. The van der Waals surface area contributed by atoms with Gasteiger partial charge < -0.3 is 40.0 Å². The van der Waals surface area contributed by atoms with Crippen LogP contribution in [0.15, 0.2) is 146 Å². The summed E-state index contributed by atoms with van der Waals surface area (Å²) in [5.74, 6) is 1.32. The number of H-pyrrole nitrogens is 4. The Kier molecular flexibility index (Phi) is 12.7. The molecule has 5 heterocycles. The van der Waals surface area contributed by atoms with E-state index in [-0.39, 0.29) is 17.2 Å². The lowest BCUT2D eigenvalue weighted by molar-refractivity contribution is 0.304. The van der Waals surface area contributed by atoms with Crippen LogP contribution in [-0.4, -0.2) is 41.9 Å². The maximum absolute atomic E-state index is 10.7. The molecule has 8 aromatic rings. The van der Waals surface area contributed by atoms with Gasteiger partial charge in [0.2, 0.25) is 0 Å². The van der Waals surface area contributed by atoms with Gasteiger partial charge in [0.1, 0.15) is 23.0 Å². The predicted octanol–water partition coefficient (Wildman–Crippen LogP) is 9.72. The number of phenolic OH excluding ortho intramolecular Hbond substituents is 3. The number of aromatic nitrogens is 4. The van der Waals surface area contributed by atoms with E-state index in [1.54, 1.807) is 36.4 Å². The first-order valence-electron chi connectivity index (χ1n) is 22.8. The minimum Gasteiger partial charge on any atom is -0.508 e. The summed E-state index contributed by atoms with van der Waals surface area (Å²) in [5, 5.41) is 35.6. The Hall–Kier alpha value is -7.32. The van der Waals surface area contributed by atoms with Gasteiger partial charge in [-0.05, 0) is 126 Å². The van der Waals surface area contributed by atoms with E-state index in [2.05, 4.69) is 93.6 Å². The molecule has 64 heavy (non-hydrogen) atoms. The molecule has 8 nitrogen and oxygen atoms in total. The third-order valence-corrected chi connectivity index (χ3v) is 12.2. The number of hydrogen-bond donors (Lipinski definition) is 7. The largest absolute Gasteiger partial charge is 0.508 e. The third kappa shape index (κ3) is 9.37. The van der Waals surface area contributed by atoms with Crippen molar-refractivity contribution in [1.29, 1.82) is 0 Å². The molecule has 0 fully saturated rings. The first kappa shape index (κ1) is 42.0. The smallest absolute Gasteiger partial charge is 0.119 e. The molecular weight excluding hydrogens is 793 g/mol. The second-order valence-corrected chi connectivity index (χ2v) is 16.9. The van der Waals surface area contributed by atoms with Gasteiger partial charge in [0, 0.05) is 66.5 Å². The lowest BCUT2D eigenvalue weighted by Gasteiger charge is -2.11. The molecule has 0 atom stereocenters. The molecule has 0 unspecified atom stereocenters. The summed E-state index contributed by atoms with van der Waals surface area (Å²) in [7, 11) is 0. The van der Waals surface area contributed by atoms with Crippen molar-refractivity contribution in [3.05, 3.63) is 212 Å². The van der Waals surface area contributed by atoms with E-state index in [0.717, 1.165) is 101 Å². The zero-order valence-corrected chi connectivity index (χ0v) is 36.4. The van der Waals surface area contributed by atoms with Crippen molar-refractivity contribution in [2.45, 2.75) is 71.1 Å². The lowest BCUT2D eigenvalue weighted by atomic mass is 10.0. The van der Waals surface area contributed by atoms with Crippen molar-refractivity contribution in [3.8, 4) is 23.0 Å². The summed E-state index contributed by atoms with van der Waals surface area (Å²) in [4.78, 5) is 15.1. The van der Waals surface area contributed by atoms with E-state index in [1.807, 2.05) is 42.5 Å². The van der Waals surface area contributed by atoms with Gasteiger partial charge in [-0.25, -0.2) is 0 Å². The van der Waals surface area contributed by atoms with Crippen LogP contribution in [0.3, 0.4) is 0 Å². The number of ether oxygens (including phenoxy) is 1. The van der Waals surface area contributed by atoms with E-state index in [9.17, 15) is 15.3 Å². The number of rotatable bonds is 16. The standard InChI is InChI=1S/C56H56N4O4/c1-2-3-4-5-6-7-8-9-10-11-32-64-44-23-15-19-40(36-44)56-51-30-28-49(59-51)54(38-17-13-21-42(62)34-38)47-26-24-45(57-47)53(37-16-12-20-41(61)33-37)46-25-27-48(58-46)55(50-29-31-52(56)60-50)39-18-14-22-43(63)35-39/h12-31,33-36,57-63H,2-11,32H2,1H3. The zero-order chi connectivity index (χ0) is 43.8. The number of hydrogen-bond acceptors (Lipinski definition) is 4. The molecule has 8 bridgehead atoms. The second-order valence-electron chi connectivity index (χ2n) is 16.9. The maximum atomic E-state index is 10.7. The Bertz CT molecular complexity index is 3140. The number of phenols is 3. The number of benzene rings is 4. The van der Waals surface area contributed by atoms with E-state index < -0.39 is 0 Å². The van der Waals surface area contributed by atoms with Gasteiger partial charge in [0.05, 0.1) is 6.61 Å². The average Bonchev–Trinajstić information content (AvgIpc) is 4.14. The normalized spacial score (nSPS) is 12.6. The monoisotopic (exact) mass is 848 g/mol. The first-order valence-corrected chi connectivity index (χ1v) is 22.8. The van der Waals surface area contributed by atoms with Crippen molar-refractivity contribution in [1.82, 2.24) is 19.9 Å². The average molecular weight is 849 g/mol. The molecule has 0 saturated heterocycles. The van der Waals surface area contributed by atoms with Gasteiger partial charge in [-0.15, -0.1) is 0 Å². The van der Waals surface area contributed by atoms with E-state index in [0.29, 0.717) is 6.61 Å². The summed E-state index contributed by atoms with van der Waals surface area (Å²) in [6.07, 6.45) is 12.8. The minimum absolute atomic E-state index is 0.158. The van der Waals surface area contributed by atoms with Gasteiger partial charge in [-0.3, -0.25) is 0 Å². The number of nitrogens with one attached hydrogen (secondary N) is 4. The Labute approximate surface area is 373 Å². The van der Waals surface area contributed by atoms with Crippen LogP contribution >= 0.6 is 0 Å². The van der Waals surface area contributed by atoms with E-state index in [1.165, 1.54) is 57.8 Å². The molecule has 0 aliphatic carbocycles. The summed E-state index contributed by atoms with van der Waals surface area (Å²) in [5.41, 5.74) is 10.4. The van der Waals surface area contributed by atoms with Crippen molar-refractivity contribution in [2.75, 3.05) is 6.61 Å². The lowest BCUT2D eigenvalue weighted by Crippen LogP contribution is -2.19. The summed E-state index contributed by atoms with van der Waals surface area (Å²) in [6.45, 7) is 2.93. The highest BCUT2D eigenvalue weighted by Gasteiger charge is 2.19. The molecule has 8 heteroatoms. The molecule has 1 aliphatic heterocycles. The Morgan fingerprint density at radius 1 is 0.359 bits per heavy atom. The Morgan fingerprint density at radius 2 is 0.703 bits per heavy atom. The van der Waals surface area contributed by atoms with Crippen LogP contribution in [0.1, 0.15) is 116 Å². The molecule has 1 aliphatic rings. The fraction of sp³-hybridized carbons (Fsp3) is 0.214. The summed E-state index contributed by atoms with van der Waals surface area (Å²) in [6, 6.07) is 46.8.